The largest absolute Gasteiger partial charge is 0.306 e. The van der Waals surface area contributed by atoms with Crippen LogP contribution in [0.1, 0.15) is 34.1 Å². The number of likely N-dealkylation sites (tertiary alicyclic amines) is 1. The normalized spacial score (nSPS) is 44.8. The zero-order valence-corrected chi connectivity index (χ0v) is 9.22. The molecule has 1 nitrogen and oxygen atoms in total. The number of hydrogen-bond acceptors (Lipinski definition) is 1. The van der Waals surface area contributed by atoms with Crippen molar-refractivity contribution in [2.75, 3.05) is 20.1 Å². The summed E-state index contributed by atoms with van der Waals surface area (Å²) in [5, 5.41) is 0. The van der Waals surface area contributed by atoms with E-state index in [1.54, 1.807) is 0 Å². The van der Waals surface area contributed by atoms with Gasteiger partial charge in [0.05, 0.1) is 0 Å². The molecule has 2 unspecified atom stereocenters. The summed E-state index contributed by atoms with van der Waals surface area (Å²) < 4.78 is 0. The van der Waals surface area contributed by atoms with E-state index in [-0.39, 0.29) is 0 Å². The fraction of sp³-hybridized carbons (Fsp3) is 1.00. The van der Waals surface area contributed by atoms with Crippen LogP contribution < -0.4 is 0 Å². The van der Waals surface area contributed by atoms with E-state index >= 15 is 0 Å². The fourth-order valence-corrected chi connectivity index (χ4v) is 2.61. The van der Waals surface area contributed by atoms with Crippen molar-refractivity contribution in [3.8, 4) is 0 Å². The summed E-state index contributed by atoms with van der Waals surface area (Å²) >= 11 is 0. The monoisotopic (exact) mass is 169 g/mol. The summed E-state index contributed by atoms with van der Waals surface area (Å²) in [7, 11) is 2.24. The van der Waals surface area contributed by atoms with E-state index in [4.69, 9.17) is 0 Å². The van der Waals surface area contributed by atoms with E-state index in [1.165, 1.54) is 19.5 Å². The topological polar surface area (TPSA) is 3.24 Å². The Bertz CT molecular complexity index is 141. The van der Waals surface area contributed by atoms with Gasteiger partial charge in [0, 0.05) is 13.1 Å². The predicted octanol–water partition coefficient (Wildman–Crippen LogP) is 2.62. The molecule has 0 aromatic carbocycles. The van der Waals surface area contributed by atoms with Crippen LogP contribution in [0.5, 0.6) is 0 Å². The van der Waals surface area contributed by atoms with Crippen LogP contribution in [0, 0.1) is 17.3 Å². The van der Waals surface area contributed by atoms with Crippen molar-refractivity contribution < 1.29 is 0 Å². The Hall–Kier alpha value is -0.0400. The van der Waals surface area contributed by atoms with Gasteiger partial charge in [-0.25, -0.2) is 0 Å². The van der Waals surface area contributed by atoms with Gasteiger partial charge < -0.3 is 4.90 Å². The molecular weight excluding hydrogens is 146 g/mol. The summed E-state index contributed by atoms with van der Waals surface area (Å²) in [6.07, 6.45) is 1.32. The zero-order valence-electron chi connectivity index (χ0n) is 9.22. The van der Waals surface area contributed by atoms with Crippen molar-refractivity contribution in [1.29, 1.82) is 0 Å². The van der Waals surface area contributed by atoms with Crippen LogP contribution in [0.15, 0.2) is 0 Å². The Kier molecular flexibility index (Phi) is 2.82. The quantitative estimate of drug-likeness (QED) is 0.583. The van der Waals surface area contributed by atoms with Crippen LogP contribution in [0.3, 0.4) is 0 Å². The molecule has 0 radical (unpaired) electrons. The van der Waals surface area contributed by atoms with Gasteiger partial charge in [0.15, 0.2) is 0 Å². The first kappa shape index (κ1) is 10.0. The third-order valence-corrected chi connectivity index (χ3v) is 4.18. The molecule has 1 fully saturated rings. The smallest absolute Gasteiger partial charge is 0.000940 e. The third kappa shape index (κ3) is 1.52. The van der Waals surface area contributed by atoms with Crippen LogP contribution >= 0.6 is 0 Å². The van der Waals surface area contributed by atoms with Gasteiger partial charge in [0.2, 0.25) is 0 Å². The SMILES string of the molecule is CCC1(C)C(C)CN(C)CC1C. The Morgan fingerprint density at radius 3 is 2.00 bits per heavy atom. The Labute approximate surface area is 77.1 Å². The molecule has 0 amide bonds. The lowest BCUT2D eigenvalue weighted by Gasteiger charge is -2.48. The van der Waals surface area contributed by atoms with Gasteiger partial charge in [-0.15, -0.1) is 0 Å². The minimum Gasteiger partial charge on any atom is -0.306 e. The summed E-state index contributed by atoms with van der Waals surface area (Å²) in [4.78, 5) is 2.47. The van der Waals surface area contributed by atoms with E-state index in [9.17, 15) is 0 Å². The maximum atomic E-state index is 2.47. The lowest BCUT2D eigenvalue weighted by atomic mass is 9.65. The maximum Gasteiger partial charge on any atom is 0.000940 e. The third-order valence-electron chi connectivity index (χ3n) is 4.18. The lowest BCUT2D eigenvalue weighted by molar-refractivity contribution is 0.0115. The molecule has 0 aromatic heterocycles. The van der Waals surface area contributed by atoms with Crippen molar-refractivity contribution in [2.24, 2.45) is 17.3 Å². The molecule has 2 atom stereocenters. The molecule has 0 bridgehead atoms. The molecule has 0 N–H and O–H groups in total. The van der Waals surface area contributed by atoms with Gasteiger partial charge in [0.25, 0.3) is 0 Å². The molecular formula is C11H23N. The molecule has 1 heteroatoms. The van der Waals surface area contributed by atoms with Crippen molar-refractivity contribution in [2.45, 2.75) is 34.1 Å². The van der Waals surface area contributed by atoms with E-state index in [0.717, 1.165) is 11.8 Å². The van der Waals surface area contributed by atoms with Gasteiger partial charge in [-0.1, -0.05) is 34.1 Å². The number of hydrogen-bond donors (Lipinski definition) is 0. The zero-order chi connectivity index (χ0) is 9.35. The van der Waals surface area contributed by atoms with E-state index in [1.807, 2.05) is 0 Å². The second-order valence-electron chi connectivity index (χ2n) is 4.88. The average molecular weight is 169 g/mol. The van der Waals surface area contributed by atoms with Crippen LogP contribution in [0.4, 0.5) is 0 Å². The van der Waals surface area contributed by atoms with Crippen LogP contribution in [-0.2, 0) is 0 Å². The standard InChI is InChI=1S/C11H23N/c1-6-11(4)9(2)7-12(5)8-10(11)3/h9-10H,6-8H2,1-5H3. The highest BCUT2D eigenvalue weighted by atomic mass is 15.1. The Morgan fingerprint density at radius 2 is 1.67 bits per heavy atom. The van der Waals surface area contributed by atoms with Gasteiger partial charge >= 0.3 is 0 Å². The van der Waals surface area contributed by atoms with Crippen molar-refractivity contribution in [3.05, 3.63) is 0 Å². The Morgan fingerprint density at radius 1 is 1.25 bits per heavy atom. The molecule has 0 aromatic rings. The van der Waals surface area contributed by atoms with Crippen molar-refractivity contribution in [1.82, 2.24) is 4.90 Å². The lowest BCUT2D eigenvalue weighted by Crippen LogP contribution is -2.48. The molecule has 12 heavy (non-hydrogen) atoms. The molecule has 1 heterocycles. The molecule has 0 aliphatic carbocycles. The first-order valence-electron chi connectivity index (χ1n) is 5.19. The molecule has 1 saturated heterocycles. The number of rotatable bonds is 1. The fourth-order valence-electron chi connectivity index (χ4n) is 2.61. The van der Waals surface area contributed by atoms with E-state index in [2.05, 4.69) is 39.6 Å². The van der Waals surface area contributed by atoms with E-state index < -0.39 is 0 Å². The summed E-state index contributed by atoms with van der Waals surface area (Å²) in [5.41, 5.74) is 0.576. The van der Waals surface area contributed by atoms with Crippen molar-refractivity contribution >= 4 is 0 Å². The van der Waals surface area contributed by atoms with Gasteiger partial charge in [-0.05, 0) is 24.3 Å². The molecule has 1 rings (SSSR count). The minimum atomic E-state index is 0.576. The summed E-state index contributed by atoms with van der Waals surface area (Å²) in [5.74, 6) is 1.69. The van der Waals surface area contributed by atoms with Crippen LogP contribution in [0.25, 0.3) is 0 Å². The van der Waals surface area contributed by atoms with Crippen LogP contribution in [0.2, 0.25) is 0 Å². The first-order chi connectivity index (χ1) is 5.50. The molecule has 0 spiro atoms. The summed E-state index contributed by atoms with van der Waals surface area (Å²) in [6.45, 7) is 12.1. The van der Waals surface area contributed by atoms with Crippen molar-refractivity contribution in [3.63, 3.8) is 0 Å². The van der Waals surface area contributed by atoms with Gasteiger partial charge in [-0.3, -0.25) is 0 Å². The summed E-state index contributed by atoms with van der Waals surface area (Å²) in [6, 6.07) is 0. The number of nitrogens with zero attached hydrogens (tertiary/aromatic N) is 1. The van der Waals surface area contributed by atoms with Crippen LogP contribution in [-0.4, -0.2) is 25.0 Å². The molecule has 1 aliphatic heterocycles. The second-order valence-corrected chi connectivity index (χ2v) is 4.88. The highest BCUT2D eigenvalue weighted by Gasteiger charge is 2.39. The maximum absolute atomic E-state index is 2.47. The van der Waals surface area contributed by atoms with Gasteiger partial charge in [-0.2, -0.15) is 0 Å². The Balaban J connectivity index is 2.73. The molecule has 1 aliphatic rings. The highest BCUT2D eigenvalue weighted by Crippen LogP contribution is 2.42. The molecule has 0 saturated carbocycles. The predicted molar refractivity (Wildman–Crippen MR) is 54.2 cm³/mol. The first-order valence-corrected chi connectivity index (χ1v) is 5.19. The second kappa shape index (κ2) is 3.37. The highest BCUT2D eigenvalue weighted by molar-refractivity contribution is 4.90. The molecule has 72 valence electrons. The minimum absolute atomic E-state index is 0.576. The van der Waals surface area contributed by atoms with E-state index in [0.29, 0.717) is 5.41 Å². The van der Waals surface area contributed by atoms with Gasteiger partial charge in [0.1, 0.15) is 0 Å². The average Bonchev–Trinajstić information content (AvgIpc) is 2.00. The number of piperidine rings is 1.